The first-order valence-corrected chi connectivity index (χ1v) is 8.32. The molecule has 0 saturated carbocycles. The molecule has 0 aliphatic carbocycles. The fraction of sp³-hybridized carbons (Fsp3) is 0.118. The van der Waals surface area contributed by atoms with E-state index in [4.69, 9.17) is 16.3 Å². The van der Waals surface area contributed by atoms with Crippen molar-refractivity contribution < 1.29 is 4.74 Å². The van der Waals surface area contributed by atoms with Crippen LogP contribution in [0.3, 0.4) is 0 Å². The average Bonchev–Trinajstić information content (AvgIpc) is 2.56. The van der Waals surface area contributed by atoms with E-state index in [0.717, 1.165) is 22.1 Å². The number of ether oxygens (including phenoxy) is 1. The summed E-state index contributed by atoms with van der Waals surface area (Å²) in [6.45, 7) is 0. The Kier molecular flexibility index (Phi) is 4.32. The van der Waals surface area contributed by atoms with E-state index in [-0.39, 0.29) is 0 Å². The highest BCUT2D eigenvalue weighted by Gasteiger charge is 2.08. The Bertz CT molecular complexity index is 758. The van der Waals surface area contributed by atoms with E-state index >= 15 is 0 Å². The fourth-order valence-electron chi connectivity index (χ4n) is 2.17. The van der Waals surface area contributed by atoms with E-state index in [1.807, 2.05) is 48.5 Å². The van der Waals surface area contributed by atoms with Gasteiger partial charge in [0, 0.05) is 22.4 Å². The van der Waals surface area contributed by atoms with E-state index in [0.29, 0.717) is 11.8 Å². The molecule has 2 nitrogen and oxygen atoms in total. The molecule has 1 heterocycles. The van der Waals surface area contributed by atoms with Gasteiger partial charge in [0.1, 0.15) is 5.75 Å². The molecule has 0 saturated heterocycles. The van der Waals surface area contributed by atoms with Crippen LogP contribution in [0.15, 0.2) is 59.6 Å². The summed E-state index contributed by atoms with van der Waals surface area (Å²) >= 11 is 7.67. The second-order valence-corrected chi connectivity index (χ2v) is 5.69. The van der Waals surface area contributed by atoms with Crippen molar-refractivity contribution in [3.8, 4) is 11.6 Å². The predicted molar refractivity (Wildman–Crippen MR) is 89.6 cm³/mol. The zero-order valence-electron chi connectivity index (χ0n) is 11.5. The Hall–Kier alpha value is -1.71. The minimum absolute atomic E-state index is 0.441. The molecule has 0 fully saturated rings. The maximum atomic E-state index is 5.97. The molecular weight excluding hydrogens is 302 g/mol. The van der Waals surface area contributed by atoms with Crippen LogP contribution in [0.2, 0.25) is 0 Å². The van der Waals surface area contributed by atoms with Gasteiger partial charge >= 0.3 is 0 Å². The van der Waals surface area contributed by atoms with Crippen LogP contribution in [-0.4, -0.2) is 11.2 Å². The third-order valence-electron chi connectivity index (χ3n) is 3.26. The number of fused-ring (bicyclic) bond motifs is 1. The Labute approximate surface area is 133 Å². The highest BCUT2D eigenvalue weighted by Crippen LogP contribution is 2.31. The highest BCUT2D eigenvalue weighted by molar-refractivity contribution is 7.98. The van der Waals surface area contributed by atoms with Gasteiger partial charge in [0.15, 0.2) is 0 Å². The van der Waals surface area contributed by atoms with Crippen LogP contribution < -0.4 is 4.74 Å². The number of halogens is 1. The van der Waals surface area contributed by atoms with Crippen LogP contribution >= 0.6 is 23.4 Å². The highest BCUT2D eigenvalue weighted by atomic mass is 35.5. The topological polar surface area (TPSA) is 22.1 Å². The maximum Gasteiger partial charge on any atom is 0.227 e. The number of alkyl halides is 1. The van der Waals surface area contributed by atoms with Gasteiger partial charge in [0.05, 0.1) is 0 Å². The maximum absolute atomic E-state index is 5.97. The molecule has 3 aromatic rings. The predicted octanol–water partition coefficient (Wildman–Crippen LogP) is 5.49. The summed E-state index contributed by atoms with van der Waals surface area (Å²) in [7, 11) is 0. The zero-order chi connectivity index (χ0) is 14.7. The first-order chi connectivity index (χ1) is 10.3. The minimum atomic E-state index is 0.441. The molecule has 3 rings (SSSR count). The van der Waals surface area contributed by atoms with Crippen molar-refractivity contribution in [1.82, 2.24) is 4.98 Å². The number of thioether (sulfide) groups is 1. The standard InChI is InChI=1S/C17H14ClNOS/c1-21-14-8-6-13(7-9-14)20-17-16-5-3-2-4-15(16)12(10-18)11-19-17/h2-9,11H,10H2,1H3. The first-order valence-electron chi connectivity index (χ1n) is 6.56. The van der Waals surface area contributed by atoms with Crippen LogP contribution in [0.5, 0.6) is 11.6 Å². The van der Waals surface area contributed by atoms with Gasteiger partial charge in [-0.25, -0.2) is 4.98 Å². The summed E-state index contributed by atoms with van der Waals surface area (Å²) in [5, 5.41) is 2.06. The van der Waals surface area contributed by atoms with Gasteiger partial charge in [-0.1, -0.05) is 18.2 Å². The number of hydrogen-bond donors (Lipinski definition) is 0. The SMILES string of the molecule is CSc1ccc(Oc2ncc(CCl)c3ccccc23)cc1. The molecule has 2 aromatic carbocycles. The van der Waals surface area contributed by atoms with Crippen LogP contribution in [0, 0.1) is 0 Å². The second-order valence-electron chi connectivity index (χ2n) is 4.55. The molecule has 0 amide bonds. The number of benzene rings is 2. The Morgan fingerprint density at radius 1 is 1.05 bits per heavy atom. The second kappa shape index (κ2) is 6.37. The van der Waals surface area contributed by atoms with Gasteiger partial charge in [0.2, 0.25) is 5.88 Å². The van der Waals surface area contributed by atoms with E-state index in [1.165, 1.54) is 4.90 Å². The third kappa shape index (κ3) is 2.99. The first kappa shape index (κ1) is 14.2. The molecule has 4 heteroatoms. The van der Waals surface area contributed by atoms with Crippen LogP contribution in [-0.2, 0) is 5.88 Å². The van der Waals surface area contributed by atoms with Gasteiger partial charge in [-0.05, 0) is 47.5 Å². The van der Waals surface area contributed by atoms with E-state index in [1.54, 1.807) is 18.0 Å². The van der Waals surface area contributed by atoms with Gasteiger partial charge in [0.25, 0.3) is 0 Å². The number of pyridine rings is 1. The summed E-state index contributed by atoms with van der Waals surface area (Å²) < 4.78 is 5.93. The van der Waals surface area contributed by atoms with E-state index in [2.05, 4.69) is 11.2 Å². The molecule has 0 aliphatic heterocycles. The summed E-state index contributed by atoms with van der Waals surface area (Å²) in [5.74, 6) is 1.83. The monoisotopic (exact) mass is 315 g/mol. The fourth-order valence-corrected chi connectivity index (χ4v) is 2.79. The Morgan fingerprint density at radius 3 is 2.43 bits per heavy atom. The Morgan fingerprint density at radius 2 is 1.76 bits per heavy atom. The lowest BCUT2D eigenvalue weighted by Crippen LogP contribution is -1.92. The molecule has 0 bridgehead atoms. The molecule has 21 heavy (non-hydrogen) atoms. The number of hydrogen-bond acceptors (Lipinski definition) is 3. The van der Waals surface area contributed by atoms with Gasteiger partial charge < -0.3 is 4.74 Å². The molecule has 1 aromatic heterocycles. The number of nitrogens with zero attached hydrogens (tertiary/aromatic N) is 1. The van der Waals surface area contributed by atoms with Crippen LogP contribution in [0.1, 0.15) is 5.56 Å². The van der Waals surface area contributed by atoms with Crippen molar-refractivity contribution in [3.05, 3.63) is 60.3 Å². The molecule has 0 N–H and O–H groups in total. The lowest BCUT2D eigenvalue weighted by molar-refractivity contribution is 0.468. The molecule has 0 aliphatic rings. The quantitative estimate of drug-likeness (QED) is 0.469. The molecule has 0 unspecified atom stereocenters. The molecular formula is C17H14ClNOS. The smallest absolute Gasteiger partial charge is 0.227 e. The summed E-state index contributed by atoms with van der Waals surface area (Å²) in [6.07, 6.45) is 3.83. The largest absolute Gasteiger partial charge is 0.438 e. The van der Waals surface area contributed by atoms with Crippen molar-refractivity contribution in [2.45, 2.75) is 10.8 Å². The van der Waals surface area contributed by atoms with Gasteiger partial charge in [-0.2, -0.15) is 0 Å². The van der Waals surface area contributed by atoms with Crippen molar-refractivity contribution in [1.29, 1.82) is 0 Å². The minimum Gasteiger partial charge on any atom is -0.438 e. The third-order valence-corrected chi connectivity index (χ3v) is 4.29. The van der Waals surface area contributed by atoms with Gasteiger partial charge in [-0.3, -0.25) is 0 Å². The Balaban J connectivity index is 2.00. The lowest BCUT2D eigenvalue weighted by Gasteiger charge is -2.10. The van der Waals surface area contributed by atoms with E-state index < -0.39 is 0 Å². The summed E-state index contributed by atoms with van der Waals surface area (Å²) in [5.41, 5.74) is 1.01. The van der Waals surface area contributed by atoms with Crippen molar-refractivity contribution >= 4 is 34.1 Å². The van der Waals surface area contributed by atoms with Crippen molar-refractivity contribution in [2.24, 2.45) is 0 Å². The van der Waals surface area contributed by atoms with Crippen LogP contribution in [0.4, 0.5) is 0 Å². The molecule has 0 radical (unpaired) electrons. The molecule has 0 spiro atoms. The average molecular weight is 316 g/mol. The molecule has 106 valence electrons. The summed E-state index contributed by atoms with van der Waals surface area (Å²) in [6, 6.07) is 16.0. The van der Waals surface area contributed by atoms with Crippen LogP contribution in [0.25, 0.3) is 10.8 Å². The van der Waals surface area contributed by atoms with E-state index in [9.17, 15) is 0 Å². The molecule has 0 atom stereocenters. The number of rotatable bonds is 4. The summed E-state index contributed by atoms with van der Waals surface area (Å²) in [4.78, 5) is 5.61. The normalized spacial score (nSPS) is 10.8. The van der Waals surface area contributed by atoms with Gasteiger partial charge in [-0.15, -0.1) is 23.4 Å². The number of aromatic nitrogens is 1. The van der Waals surface area contributed by atoms with Crippen molar-refractivity contribution in [2.75, 3.05) is 6.26 Å². The lowest BCUT2D eigenvalue weighted by atomic mass is 10.1. The van der Waals surface area contributed by atoms with Crippen molar-refractivity contribution in [3.63, 3.8) is 0 Å². The zero-order valence-corrected chi connectivity index (χ0v) is 13.1.